The van der Waals surface area contributed by atoms with Crippen molar-refractivity contribution >= 4 is 6.16 Å². The van der Waals surface area contributed by atoms with Crippen molar-refractivity contribution in [3.8, 4) is 0 Å². The quantitative estimate of drug-likeness (QED) is 0.290. The Labute approximate surface area is 65.4 Å². The van der Waals surface area contributed by atoms with Crippen molar-refractivity contribution in [2.75, 3.05) is 0 Å². The second-order valence-corrected chi connectivity index (χ2v) is 1.40. The van der Waals surface area contributed by atoms with Crippen LogP contribution in [0.25, 0.3) is 0 Å². The minimum atomic E-state index is -3.39. The molecule has 4 nitrogen and oxygen atoms in total. The number of alkyl halides is 3. The Bertz CT molecular complexity index is 161. The average Bonchev–Trinajstić information content (AvgIpc) is 2.00. The lowest BCUT2D eigenvalue weighted by molar-refractivity contribution is -0.337. The summed E-state index contributed by atoms with van der Waals surface area (Å²) >= 11 is 0. The summed E-state index contributed by atoms with van der Waals surface area (Å²) in [5.41, 5.74) is 0. The van der Waals surface area contributed by atoms with Crippen molar-refractivity contribution in [2.24, 2.45) is 0 Å². The van der Waals surface area contributed by atoms with Crippen LogP contribution >= 0.6 is 0 Å². The molecule has 0 bridgehead atoms. The van der Waals surface area contributed by atoms with E-state index >= 15 is 0 Å². The molecule has 0 aromatic rings. The second-order valence-electron chi connectivity index (χ2n) is 1.40. The summed E-state index contributed by atoms with van der Waals surface area (Å²) in [6.45, 7) is 2.94. The van der Waals surface area contributed by atoms with E-state index in [1.54, 1.807) is 0 Å². The van der Waals surface area contributed by atoms with Gasteiger partial charge in [0, 0.05) is 0 Å². The van der Waals surface area contributed by atoms with Crippen molar-refractivity contribution in [2.45, 2.75) is 12.8 Å². The highest BCUT2D eigenvalue weighted by atomic mass is 19.3. The summed E-state index contributed by atoms with van der Waals surface area (Å²) in [4.78, 5) is 16.8. The maximum atomic E-state index is 11.8. The maximum absolute atomic E-state index is 11.8. The van der Waals surface area contributed by atoms with Crippen LogP contribution in [0.3, 0.4) is 0 Å². The Kier molecular flexibility index (Phi) is 4.86. The van der Waals surface area contributed by atoms with Crippen LogP contribution in [-0.2, 0) is 14.5 Å². The maximum Gasteiger partial charge on any atom is 0.545 e. The third-order valence-electron chi connectivity index (χ3n) is 0.586. The zero-order valence-electron chi connectivity index (χ0n) is 5.71. The standard InChI is InChI=1S/C5H5F3O4/c1-2-10-5(9)12-11-4(8)3(6)7/h2-4H,1H2. The molecule has 7 heteroatoms. The van der Waals surface area contributed by atoms with Crippen LogP contribution in [0.15, 0.2) is 12.8 Å². The molecule has 0 aliphatic carbocycles. The highest BCUT2D eigenvalue weighted by molar-refractivity contribution is 5.59. The van der Waals surface area contributed by atoms with Gasteiger partial charge in [-0.3, -0.25) is 4.89 Å². The van der Waals surface area contributed by atoms with Crippen LogP contribution < -0.4 is 0 Å². The van der Waals surface area contributed by atoms with Gasteiger partial charge in [0.15, 0.2) is 0 Å². The predicted octanol–water partition coefficient (Wildman–Crippen LogP) is 1.78. The minimum absolute atomic E-state index is 0.668. The van der Waals surface area contributed by atoms with Gasteiger partial charge in [-0.05, 0) is 0 Å². The van der Waals surface area contributed by atoms with Crippen molar-refractivity contribution in [3.63, 3.8) is 0 Å². The van der Waals surface area contributed by atoms with Crippen LogP contribution in [0.5, 0.6) is 0 Å². The summed E-state index contributed by atoms with van der Waals surface area (Å²) in [5.74, 6) is 0. The molecular formula is C5H5F3O4. The molecule has 1 atom stereocenters. The highest BCUT2D eigenvalue weighted by Gasteiger charge is 2.23. The molecule has 0 rings (SSSR count). The fourth-order valence-corrected chi connectivity index (χ4v) is 0.215. The number of carbonyl (C=O) groups excluding carboxylic acids is 1. The van der Waals surface area contributed by atoms with Crippen LogP contribution in [0, 0.1) is 0 Å². The SMILES string of the molecule is C=COC(=O)OOC(F)C(F)F. The molecule has 0 saturated heterocycles. The van der Waals surface area contributed by atoms with E-state index in [0.717, 1.165) is 0 Å². The Hall–Kier alpha value is -1.24. The molecule has 0 aromatic heterocycles. The summed E-state index contributed by atoms with van der Waals surface area (Å²) in [6, 6.07) is 0. The molecule has 1 unspecified atom stereocenters. The topological polar surface area (TPSA) is 44.8 Å². The molecule has 0 aliphatic heterocycles. The summed E-state index contributed by atoms with van der Waals surface area (Å²) in [6.07, 6.45) is -7.18. The second kappa shape index (κ2) is 5.42. The number of hydrogen-bond donors (Lipinski definition) is 0. The summed E-state index contributed by atoms with van der Waals surface area (Å²) < 4.78 is 38.3. The number of halogens is 3. The van der Waals surface area contributed by atoms with Crippen molar-refractivity contribution in [1.82, 2.24) is 0 Å². The Morgan fingerprint density at radius 2 is 2.00 bits per heavy atom. The third kappa shape index (κ3) is 4.56. The van der Waals surface area contributed by atoms with Crippen LogP contribution in [0.2, 0.25) is 0 Å². The van der Waals surface area contributed by atoms with Gasteiger partial charge in [0.05, 0.1) is 6.26 Å². The van der Waals surface area contributed by atoms with Gasteiger partial charge in [-0.15, -0.1) is 4.89 Å². The van der Waals surface area contributed by atoms with E-state index in [0.29, 0.717) is 6.26 Å². The van der Waals surface area contributed by atoms with E-state index in [9.17, 15) is 18.0 Å². The van der Waals surface area contributed by atoms with Gasteiger partial charge in [0.25, 0.3) is 6.43 Å². The molecule has 0 spiro atoms. The fraction of sp³-hybridized carbons (Fsp3) is 0.400. The molecule has 12 heavy (non-hydrogen) atoms. The average molecular weight is 186 g/mol. The first-order valence-corrected chi connectivity index (χ1v) is 2.65. The van der Waals surface area contributed by atoms with E-state index in [4.69, 9.17) is 0 Å². The molecule has 0 radical (unpaired) electrons. The third-order valence-corrected chi connectivity index (χ3v) is 0.586. The molecule has 0 aromatic carbocycles. The Morgan fingerprint density at radius 3 is 2.42 bits per heavy atom. The zero-order chi connectivity index (χ0) is 9.56. The highest BCUT2D eigenvalue weighted by Crippen LogP contribution is 2.07. The molecule has 0 saturated carbocycles. The smallest absolute Gasteiger partial charge is 0.402 e. The van der Waals surface area contributed by atoms with Gasteiger partial charge in [-0.2, -0.15) is 0 Å². The van der Waals surface area contributed by atoms with Crippen LogP contribution in [0.1, 0.15) is 0 Å². The van der Waals surface area contributed by atoms with Gasteiger partial charge in [0.2, 0.25) is 0 Å². The minimum Gasteiger partial charge on any atom is -0.402 e. The molecule has 70 valence electrons. The van der Waals surface area contributed by atoms with Gasteiger partial charge in [0.1, 0.15) is 0 Å². The van der Waals surface area contributed by atoms with E-state index in [-0.39, 0.29) is 0 Å². The lowest BCUT2D eigenvalue weighted by atomic mass is 10.7. The molecular weight excluding hydrogens is 181 g/mol. The number of carbonyl (C=O) groups is 1. The molecule has 0 fully saturated rings. The first kappa shape index (κ1) is 10.8. The molecule has 0 N–H and O–H groups in total. The number of hydrogen-bond acceptors (Lipinski definition) is 4. The summed E-state index contributed by atoms with van der Waals surface area (Å²) in [7, 11) is 0. The predicted molar refractivity (Wildman–Crippen MR) is 29.7 cm³/mol. The van der Waals surface area contributed by atoms with Crippen molar-refractivity contribution in [1.29, 1.82) is 0 Å². The van der Waals surface area contributed by atoms with Gasteiger partial charge in [-0.25, -0.2) is 18.0 Å². The number of ether oxygens (including phenoxy) is 1. The van der Waals surface area contributed by atoms with Crippen LogP contribution in [-0.4, -0.2) is 18.9 Å². The zero-order valence-corrected chi connectivity index (χ0v) is 5.71. The van der Waals surface area contributed by atoms with Gasteiger partial charge < -0.3 is 4.74 Å². The fourth-order valence-electron chi connectivity index (χ4n) is 0.215. The number of rotatable bonds is 4. The van der Waals surface area contributed by atoms with Crippen LogP contribution in [0.4, 0.5) is 18.0 Å². The van der Waals surface area contributed by atoms with E-state index in [1.165, 1.54) is 0 Å². The summed E-state index contributed by atoms with van der Waals surface area (Å²) in [5, 5.41) is 0. The molecule has 0 aliphatic rings. The van der Waals surface area contributed by atoms with Gasteiger partial charge in [-0.1, -0.05) is 6.58 Å². The lowest BCUT2D eigenvalue weighted by Crippen LogP contribution is -2.18. The van der Waals surface area contributed by atoms with Gasteiger partial charge >= 0.3 is 12.5 Å². The monoisotopic (exact) mass is 186 g/mol. The molecule has 0 heterocycles. The van der Waals surface area contributed by atoms with E-state index < -0.39 is 18.9 Å². The normalized spacial score (nSPS) is 12.3. The largest absolute Gasteiger partial charge is 0.545 e. The lowest BCUT2D eigenvalue weighted by Gasteiger charge is -2.05. The Balaban J connectivity index is 3.53. The van der Waals surface area contributed by atoms with E-state index in [1.807, 2.05) is 0 Å². The Morgan fingerprint density at radius 1 is 1.42 bits per heavy atom. The van der Waals surface area contributed by atoms with Crippen molar-refractivity contribution in [3.05, 3.63) is 12.8 Å². The first-order chi connectivity index (χ1) is 5.57. The first-order valence-electron chi connectivity index (χ1n) is 2.65. The van der Waals surface area contributed by atoms with Crippen molar-refractivity contribution < 1.29 is 32.5 Å². The van der Waals surface area contributed by atoms with E-state index in [2.05, 4.69) is 21.1 Å². The molecule has 0 amide bonds.